The Morgan fingerprint density at radius 3 is 2.21 bits per heavy atom. The molecule has 19 heavy (non-hydrogen) atoms. The van der Waals surface area contributed by atoms with Crippen LogP contribution in [-0.2, 0) is 0 Å². The average Bonchev–Trinajstić information content (AvgIpc) is 2.42. The second kappa shape index (κ2) is 5.80. The Labute approximate surface area is 110 Å². The van der Waals surface area contributed by atoms with Gasteiger partial charge in [0.1, 0.15) is 11.9 Å². The summed E-state index contributed by atoms with van der Waals surface area (Å²) < 4.78 is 31.2. The Morgan fingerprint density at radius 1 is 1.00 bits per heavy atom. The lowest BCUT2D eigenvalue weighted by Gasteiger charge is -2.12. The molecule has 0 aliphatic heterocycles. The third-order valence-corrected chi connectivity index (χ3v) is 2.77. The van der Waals surface area contributed by atoms with E-state index in [4.69, 9.17) is 4.74 Å². The molecule has 1 N–H and O–H groups in total. The summed E-state index contributed by atoms with van der Waals surface area (Å²) in [7, 11) is 0. The van der Waals surface area contributed by atoms with Crippen LogP contribution in [0.4, 0.5) is 8.78 Å². The third kappa shape index (κ3) is 3.09. The first kappa shape index (κ1) is 13.5. The summed E-state index contributed by atoms with van der Waals surface area (Å²) in [5.74, 6) is -1.20. The van der Waals surface area contributed by atoms with Gasteiger partial charge in [0.2, 0.25) is 0 Å². The van der Waals surface area contributed by atoms with Gasteiger partial charge in [-0.15, -0.1) is 0 Å². The van der Waals surface area contributed by atoms with Gasteiger partial charge in [-0.2, -0.15) is 0 Å². The average molecular weight is 264 g/mol. The number of aliphatic hydroxyl groups is 1. The highest BCUT2D eigenvalue weighted by molar-refractivity contribution is 5.34. The van der Waals surface area contributed by atoms with Crippen molar-refractivity contribution in [3.63, 3.8) is 0 Å². The van der Waals surface area contributed by atoms with Gasteiger partial charge in [-0.3, -0.25) is 0 Å². The highest BCUT2D eigenvalue weighted by atomic mass is 19.2. The molecule has 0 radical (unpaired) electrons. The van der Waals surface area contributed by atoms with Crippen molar-refractivity contribution < 1.29 is 18.6 Å². The minimum absolute atomic E-state index is 0.308. The molecule has 0 aromatic heterocycles. The van der Waals surface area contributed by atoms with Crippen molar-refractivity contribution in [3.05, 3.63) is 65.2 Å². The van der Waals surface area contributed by atoms with Gasteiger partial charge in [0.15, 0.2) is 11.6 Å². The Bertz CT molecular complexity index is 553. The van der Waals surface area contributed by atoms with Gasteiger partial charge in [-0.25, -0.2) is 8.78 Å². The summed E-state index contributed by atoms with van der Waals surface area (Å²) in [5.41, 5.74) is 0.900. The predicted octanol–water partition coefficient (Wildman–Crippen LogP) is 3.45. The molecule has 1 unspecified atom stereocenters. The fourth-order valence-electron chi connectivity index (χ4n) is 1.79. The molecular weight excluding hydrogens is 250 g/mol. The maximum absolute atomic E-state index is 13.1. The van der Waals surface area contributed by atoms with Crippen molar-refractivity contribution in [1.82, 2.24) is 0 Å². The van der Waals surface area contributed by atoms with Crippen LogP contribution in [-0.4, -0.2) is 11.7 Å². The van der Waals surface area contributed by atoms with Crippen LogP contribution in [0, 0.1) is 11.6 Å². The minimum atomic E-state index is -0.995. The van der Waals surface area contributed by atoms with Gasteiger partial charge in [-0.05, 0) is 42.3 Å². The molecule has 0 fully saturated rings. The Morgan fingerprint density at radius 2 is 1.63 bits per heavy atom. The van der Waals surface area contributed by atoms with Crippen LogP contribution >= 0.6 is 0 Å². The molecule has 0 spiro atoms. The van der Waals surface area contributed by atoms with E-state index in [0.717, 1.165) is 12.1 Å². The van der Waals surface area contributed by atoms with E-state index >= 15 is 0 Å². The predicted molar refractivity (Wildman–Crippen MR) is 68.0 cm³/mol. The monoisotopic (exact) mass is 264 g/mol. The molecule has 0 aliphatic carbocycles. The fraction of sp³-hybridized carbons (Fsp3) is 0.200. The molecule has 2 rings (SSSR count). The zero-order valence-electron chi connectivity index (χ0n) is 10.4. The largest absolute Gasteiger partial charge is 0.494 e. The molecule has 0 saturated carbocycles. The van der Waals surface area contributed by atoms with Crippen molar-refractivity contribution in [3.8, 4) is 5.75 Å². The van der Waals surface area contributed by atoms with Gasteiger partial charge in [0.25, 0.3) is 0 Å². The summed E-state index contributed by atoms with van der Waals surface area (Å²) in [6.07, 6.45) is -0.995. The van der Waals surface area contributed by atoms with Gasteiger partial charge >= 0.3 is 0 Å². The van der Waals surface area contributed by atoms with Gasteiger partial charge in [-0.1, -0.05) is 18.2 Å². The standard InChI is InChI=1S/C15H14F2O2/c1-2-19-12-6-3-10(4-7-12)15(18)11-5-8-13(16)14(17)9-11/h3-9,15,18H,2H2,1H3. The number of aliphatic hydroxyl groups excluding tert-OH is 1. The topological polar surface area (TPSA) is 29.5 Å². The Balaban J connectivity index is 2.22. The molecule has 0 heterocycles. The molecule has 2 nitrogen and oxygen atoms in total. The number of halogens is 2. The molecule has 4 heteroatoms. The van der Waals surface area contributed by atoms with Crippen molar-refractivity contribution >= 4 is 0 Å². The number of rotatable bonds is 4. The molecular formula is C15H14F2O2. The summed E-state index contributed by atoms with van der Waals surface area (Å²) in [4.78, 5) is 0. The van der Waals surface area contributed by atoms with Crippen LogP contribution in [0.3, 0.4) is 0 Å². The lowest BCUT2D eigenvalue weighted by molar-refractivity contribution is 0.219. The molecule has 0 aliphatic rings. The maximum atomic E-state index is 13.1. The first-order valence-electron chi connectivity index (χ1n) is 5.97. The summed E-state index contributed by atoms with van der Waals surface area (Å²) in [6.45, 7) is 2.44. The quantitative estimate of drug-likeness (QED) is 0.916. The van der Waals surface area contributed by atoms with E-state index in [1.165, 1.54) is 6.07 Å². The number of hydrogen-bond acceptors (Lipinski definition) is 2. The van der Waals surface area contributed by atoms with E-state index < -0.39 is 17.7 Å². The van der Waals surface area contributed by atoms with E-state index in [9.17, 15) is 13.9 Å². The van der Waals surface area contributed by atoms with Crippen molar-refractivity contribution in [2.24, 2.45) is 0 Å². The van der Waals surface area contributed by atoms with E-state index in [2.05, 4.69) is 0 Å². The smallest absolute Gasteiger partial charge is 0.159 e. The van der Waals surface area contributed by atoms with Gasteiger partial charge in [0.05, 0.1) is 6.61 Å². The number of hydrogen-bond donors (Lipinski definition) is 1. The molecule has 1 atom stereocenters. The van der Waals surface area contributed by atoms with Crippen molar-refractivity contribution in [1.29, 1.82) is 0 Å². The number of benzene rings is 2. The maximum Gasteiger partial charge on any atom is 0.159 e. The van der Waals surface area contributed by atoms with Crippen LogP contribution in [0.1, 0.15) is 24.2 Å². The van der Waals surface area contributed by atoms with Crippen LogP contribution in [0.5, 0.6) is 5.75 Å². The van der Waals surface area contributed by atoms with E-state index in [1.807, 2.05) is 6.92 Å². The molecule has 2 aromatic rings. The highest BCUT2D eigenvalue weighted by Crippen LogP contribution is 2.25. The van der Waals surface area contributed by atoms with E-state index in [0.29, 0.717) is 23.5 Å². The first-order chi connectivity index (χ1) is 9.11. The minimum Gasteiger partial charge on any atom is -0.494 e. The molecule has 100 valence electrons. The molecule has 2 aromatic carbocycles. The molecule has 0 saturated heterocycles. The summed E-state index contributed by atoms with van der Waals surface area (Å²) in [6, 6.07) is 10.2. The summed E-state index contributed by atoms with van der Waals surface area (Å²) in [5, 5.41) is 10.1. The highest BCUT2D eigenvalue weighted by Gasteiger charge is 2.13. The fourth-order valence-corrected chi connectivity index (χ4v) is 1.79. The molecule has 0 bridgehead atoms. The Kier molecular flexibility index (Phi) is 4.12. The first-order valence-corrected chi connectivity index (χ1v) is 5.97. The van der Waals surface area contributed by atoms with Crippen LogP contribution in [0.25, 0.3) is 0 Å². The molecule has 0 amide bonds. The van der Waals surface area contributed by atoms with Crippen LogP contribution in [0.2, 0.25) is 0 Å². The zero-order chi connectivity index (χ0) is 13.8. The van der Waals surface area contributed by atoms with Crippen LogP contribution < -0.4 is 4.74 Å². The number of ether oxygens (including phenoxy) is 1. The SMILES string of the molecule is CCOc1ccc(C(O)c2ccc(F)c(F)c2)cc1. The summed E-state index contributed by atoms with van der Waals surface area (Å²) >= 11 is 0. The van der Waals surface area contributed by atoms with Gasteiger partial charge in [0, 0.05) is 0 Å². The lowest BCUT2D eigenvalue weighted by Crippen LogP contribution is -2.01. The lowest BCUT2D eigenvalue weighted by atomic mass is 10.0. The second-order valence-electron chi connectivity index (χ2n) is 4.08. The van der Waals surface area contributed by atoms with E-state index in [1.54, 1.807) is 24.3 Å². The van der Waals surface area contributed by atoms with E-state index in [-0.39, 0.29) is 0 Å². The Hall–Kier alpha value is -1.94. The normalized spacial score (nSPS) is 12.2. The van der Waals surface area contributed by atoms with Crippen molar-refractivity contribution in [2.75, 3.05) is 6.61 Å². The van der Waals surface area contributed by atoms with Crippen molar-refractivity contribution in [2.45, 2.75) is 13.0 Å². The zero-order valence-corrected chi connectivity index (χ0v) is 10.4. The van der Waals surface area contributed by atoms with Gasteiger partial charge < -0.3 is 9.84 Å². The second-order valence-corrected chi connectivity index (χ2v) is 4.08. The van der Waals surface area contributed by atoms with Crippen LogP contribution in [0.15, 0.2) is 42.5 Å². The third-order valence-electron chi connectivity index (χ3n) is 2.77.